The fourth-order valence-electron chi connectivity index (χ4n) is 0.917. The van der Waals surface area contributed by atoms with Crippen molar-refractivity contribution in [2.45, 2.75) is 58.0 Å². The Morgan fingerprint density at radius 3 is 2.17 bits per heavy atom. The third kappa shape index (κ3) is 5.95. The molecule has 0 fully saturated rings. The Hall–Kier alpha value is -0.433. The number of ether oxygens (including phenoxy) is 1. The molecule has 2 atom stereocenters. The number of aliphatic hydroxyl groups excluding tert-OH is 1. The normalized spacial score (nSPS) is 16.4. The lowest BCUT2D eigenvalue weighted by molar-refractivity contribution is -0.151. The van der Waals surface area contributed by atoms with E-state index in [4.69, 9.17) is 19.4 Å². The van der Waals surface area contributed by atoms with E-state index in [1.807, 2.05) is 6.92 Å². The standard InChI is InChI=1S/C12H26O5Si/c1-9(16-8-10(13)11(14)15)7-17-18(5,6)12(2,3)4/h9-10,13H,7-8H2,1-6H3,(H,14,15)/t9-,10?/m0/s1. The zero-order valence-corrected chi connectivity index (χ0v) is 13.2. The highest BCUT2D eigenvalue weighted by Gasteiger charge is 2.37. The van der Waals surface area contributed by atoms with Gasteiger partial charge in [0.1, 0.15) is 0 Å². The van der Waals surface area contributed by atoms with Crippen LogP contribution >= 0.6 is 0 Å². The molecule has 0 radical (unpaired) electrons. The zero-order valence-electron chi connectivity index (χ0n) is 12.2. The predicted octanol–water partition coefficient (Wildman–Crippen LogP) is 1.86. The minimum absolute atomic E-state index is 0.132. The van der Waals surface area contributed by atoms with E-state index in [1.165, 1.54) is 0 Å². The van der Waals surface area contributed by atoms with Crippen molar-refractivity contribution < 1.29 is 24.2 Å². The van der Waals surface area contributed by atoms with Crippen LogP contribution in [0, 0.1) is 0 Å². The monoisotopic (exact) mass is 278 g/mol. The van der Waals surface area contributed by atoms with Gasteiger partial charge in [-0.15, -0.1) is 0 Å². The molecule has 5 nitrogen and oxygen atoms in total. The number of aliphatic hydroxyl groups is 1. The van der Waals surface area contributed by atoms with Crippen molar-refractivity contribution in [1.82, 2.24) is 0 Å². The van der Waals surface area contributed by atoms with Crippen molar-refractivity contribution in [2.24, 2.45) is 0 Å². The Morgan fingerprint density at radius 1 is 1.28 bits per heavy atom. The highest BCUT2D eigenvalue weighted by atomic mass is 28.4. The topological polar surface area (TPSA) is 76.0 Å². The first-order chi connectivity index (χ1) is 7.97. The molecule has 0 saturated carbocycles. The van der Waals surface area contributed by atoms with Gasteiger partial charge in [0, 0.05) is 0 Å². The van der Waals surface area contributed by atoms with E-state index in [1.54, 1.807) is 0 Å². The van der Waals surface area contributed by atoms with E-state index >= 15 is 0 Å². The molecule has 2 N–H and O–H groups in total. The molecule has 0 aliphatic rings. The molecular formula is C12H26O5Si. The Balaban J connectivity index is 4.05. The Bertz CT molecular complexity index is 272. The molecule has 0 aromatic carbocycles. The molecule has 0 heterocycles. The quantitative estimate of drug-likeness (QED) is 0.695. The van der Waals surface area contributed by atoms with E-state index in [0.29, 0.717) is 6.61 Å². The van der Waals surface area contributed by atoms with Gasteiger partial charge in [0.05, 0.1) is 19.3 Å². The van der Waals surface area contributed by atoms with Crippen LogP contribution in [0.15, 0.2) is 0 Å². The predicted molar refractivity (Wildman–Crippen MR) is 72.2 cm³/mol. The summed E-state index contributed by atoms with van der Waals surface area (Å²) < 4.78 is 11.2. The van der Waals surface area contributed by atoms with Gasteiger partial charge in [-0.1, -0.05) is 20.8 Å². The molecule has 18 heavy (non-hydrogen) atoms. The van der Waals surface area contributed by atoms with Crippen LogP contribution in [-0.2, 0) is 14.0 Å². The maximum Gasteiger partial charge on any atom is 0.334 e. The lowest BCUT2D eigenvalue weighted by Gasteiger charge is -2.36. The fraction of sp³-hybridized carbons (Fsp3) is 0.917. The molecule has 108 valence electrons. The molecule has 6 heteroatoms. The van der Waals surface area contributed by atoms with Crippen molar-refractivity contribution in [3.63, 3.8) is 0 Å². The van der Waals surface area contributed by atoms with Gasteiger partial charge in [-0.05, 0) is 25.1 Å². The van der Waals surface area contributed by atoms with E-state index in [9.17, 15) is 4.79 Å². The molecule has 0 spiro atoms. The highest BCUT2D eigenvalue weighted by molar-refractivity contribution is 6.74. The second-order valence-electron chi connectivity index (χ2n) is 6.07. The van der Waals surface area contributed by atoms with Crippen LogP contribution in [0.4, 0.5) is 0 Å². The van der Waals surface area contributed by atoms with Crippen molar-refractivity contribution >= 4 is 14.3 Å². The minimum Gasteiger partial charge on any atom is -0.479 e. The summed E-state index contributed by atoms with van der Waals surface area (Å²) in [5.41, 5.74) is 0. The third-order valence-electron chi connectivity index (χ3n) is 3.31. The molecule has 0 bridgehead atoms. The Kier molecular flexibility index (Phi) is 6.49. The van der Waals surface area contributed by atoms with Crippen molar-refractivity contribution in [1.29, 1.82) is 0 Å². The van der Waals surface area contributed by atoms with Gasteiger partial charge < -0.3 is 19.4 Å². The number of rotatable bonds is 7. The van der Waals surface area contributed by atoms with Crippen LogP contribution in [0.1, 0.15) is 27.7 Å². The minimum atomic E-state index is -1.80. The van der Waals surface area contributed by atoms with Crippen LogP contribution in [0.25, 0.3) is 0 Å². The van der Waals surface area contributed by atoms with E-state index < -0.39 is 20.4 Å². The van der Waals surface area contributed by atoms with Crippen LogP contribution in [-0.4, -0.2) is 49.9 Å². The molecule has 0 amide bonds. The number of aliphatic carboxylic acids is 1. The summed E-state index contributed by atoms with van der Waals surface area (Å²) in [6.07, 6.45) is -1.70. The third-order valence-corrected chi connectivity index (χ3v) is 7.81. The van der Waals surface area contributed by atoms with Gasteiger partial charge in [-0.3, -0.25) is 0 Å². The average molecular weight is 278 g/mol. The van der Waals surface area contributed by atoms with Gasteiger partial charge >= 0.3 is 5.97 Å². The number of hydrogen-bond donors (Lipinski definition) is 2. The first-order valence-corrected chi connectivity index (χ1v) is 9.04. The van der Waals surface area contributed by atoms with Crippen LogP contribution in [0.3, 0.4) is 0 Å². The second kappa shape index (κ2) is 6.65. The lowest BCUT2D eigenvalue weighted by Crippen LogP contribution is -2.43. The zero-order chi connectivity index (χ0) is 14.6. The first kappa shape index (κ1) is 17.6. The molecular weight excluding hydrogens is 252 g/mol. The Morgan fingerprint density at radius 2 is 1.78 bits per heavy atom. The maximum absolute atomic E-state index is 10.4. The van der Waals surface area contributed by atoms with Crippen molar-refractivity contribution in [2.75, 3.05) is 13.2 Å². The molecule has 0 aromatic heterocycles. The summed E-state index contributed by atoms with van der Waals surface area (Å²) in [6.45, 7) is 12.8. The van der Waals surface area contributed by atoms with Crippen molar-refractivity contribution in [3.8, 4) is 0 Å². The summed E-state index contributed by atoms with van der Waals surface area (Å²) in [5.74, 6) is -1.27. The molecule has 0 saturated heterocycles. The summed E-state index contributed by atoms with van der Waals surface area (Å²) in [5, 5.41) is 17.7. The van der Waals surface area contributed by atoms with Gasteiger partial charge in [-0.2, -0.15) is 0 Å². The van der Waals surface area contributed by atoms with E-state index in [0.717, 1.165) is 0 Å². The molecule has 0 aliphatic carbocycles. The van der Waals surface area contributed by atoms with E-state index in [2.05, 4.69) is 33.9 Å². The van der Waals surface area contributed by atoms with Crippen LogP contribution < -0.4 is 0 Å². The van der Waals surface area contributed by atoms with Crippen LogP contribution in [0.5, 0.6) is 0 Å². The van der Waals surface area contributed by atoms with Gasteiger partial charge in [-0.25, -0.2) is 4.79 Å². The fourth-order valence-corrected chi connectivity index (χ4v) is 2.00. The number of carboxylic acid groups (broad SMARTS) is 1. The largest absolute Gasteiger partial charge is 0.479 e. The summed E-state index contributed by atoms with van der Waals surface area (Å²) in [6, 6.07) is 0. The molecule has 0 aromatic rings. The smallest absolute Gasteiger partial charge is 0.334 e. The molecule has 0 rings (SSSR count). The van der Waals surface area contributed by atoms with Crippen molar-refractivity contribution in [3.05, 3.63) is 0 Å². The average Bonchev–Trinajstić information content (AvgIpc) is 2.21. The second-order valence-corrected chi connectivity index (χ2v) is 10.9. The number of carbonyl (C=O) groups is 1. The molecule has 1 unspecified atom stereocenters. The maximum atomic E-state index is 10.4. The van der Waals surface area contributed by atoms with Gasteiger partial charge in [0.15, 0.2) is 14.4 Å². The van der Waals surface area contributed by atoms with E-state index in [-0.39, 0.29) is 17.7 Å². The number of hydrogen-bond acceptors (Lipinski definition) is 4. The summed E-state index contributed by atoms with van der Waals surface area (Å²) in [4.78, 5) is 10.4. The molecule has 0 aliphatic heterocycles. The van der Waals surface area contributed by atoms with Crippen LogP contribution in [0.2, 0.25) is 18.1 Å². The summed E-state index contributed by atoms with van der Waals surface area (Å²) in [7, 11) is -1.80. The van der Waals surface area contributed by atoms with Gasteiger partial charge in [0.25, 0.3) is 0 Å². The highest BCUT2D eigenvalue weighted by Crippen LogP contribution is 2.36. The first-order valence-electron chi connectivity index (χ1n) is 6.14. The number of carboxylic acids is 1. The SMILES string of the molecule is C[C@@H](CO[Si](C)(C)C(C)(C)C)OCC(O)C(=O)O. The van der Waals surface area contributed by atoms with Gasteiger partial charge in [0.2, 0.25) is 0 Å². The lowest BCUT2D eigenvalue weighted by atomic mass is 10.2. The Labute approximate surface area is 110 Å². The summed E-state index contributed by atoms with van der Waals surface area (Å²) >= 11 is 0.